The van der Waals surface area contributed by atoms with E-state index in [1.54, 1.807) is 36.9 Å². The molecule has 0 amide bonds. The molecule has 7 nitrogen and oxygen atoms in total. The normalized spacial score (nSPS) is 23.6. The van der Waals surface area contributed by atoms with Gasteiger partial charge in [-0.05, 0) is 18.2 Å². The first-order chi connectivity index (χ1) is 13.6. The van der Waals surface area contributed by atoms with Crippen molar-refractivity contribution in [3.8, 4) is 0 Å². The quantitative estimate of drug-likeness (QED) is 0.789. The van der Waals surface area contributed by atoms with Gasteiger partial charge in [0, 0.05) is 62.5 Å². The summed E-state index contributed by atoms with van der Waals surface area (Å²) in [6.07, 6.45) is 10.3. The molecule has 0 aliphatic carbocycles. The van der Waals surface area contributed by atoms with E-state index in [9.17, 15) is 8.78 Å². The van der Waals surface area contributed by atoms with Gasteiger partial charge in [0.2, 0.25) is 5.85 Å². The molecule has 4 rings (SSSR count). The van der Waals surface area contributed by atoms with Gasteiger partial charge in [-0.1, -0.05) is 12.1 Å². The predicted molar refractivity (Wildman–Crippen MR) is 99.7 cm³/mol. The minimum atomic E-state index is -2.90. The maximum Gasteiger partial charge on any atom is 0.348 e. The van der Waals surface area contributed by atoms with Gasteiger partial charge >= 0.3 is 6.61 Å². The van der Waals surface area contributed by atoms with Gasteiger partial charge in [0.25, 0.3) is 0 Å². The molecule has 0 saturated carbocycles. The molecule has 1 fully saturated rings. The van der Waals surface area contributed by atoms with Crippen LogP contribution in [0.2, 0.25) is 0 Å². The molecule has 0 radical (unpaired) electrons. The third-order valence-corrected chi connectivity index (χ3v) is 4.98. The first-order valence-corrected chi connectivity index (χ1v) is 9.14. The fraction of sp³-hybridized carbons (Fsp3) is 0.368. The van der Waals surface area contributed by atoms with Crippen molar-refractivity contribution < 1.29 is 13.5 Å². The monoisotopic (exact) mass is 388 g/mol. The van der Waals surface area contributed by atoms with Crippen molar-refractivity contribution in [3.05, 3.63) is 66.4 Å². The highest BCUT2D eigenvalue weighted by Crippen LogP contribution is 2.28. The van der Waals surface area contributed by atoms with Crippen molar-refractivity contribution in [2.75, 3.05) is 26.2 Å². The Bertz CT molecular complexity index is 818. The number of pyridine rings is 1. The number of nitrogens with one attached hydrogen (secondary N) is 2. The van der Waals surface area contributed by atoms with Gasteiger partial charge in [-0.2, -0.15) is 13.9 Å². The van der Waals surface area contributed by atoms with Crippen LogP contribution in [0.15, 0.2) is 55.1 Å². The fourth-order valence-electron chi connectivity index (χ4n) is 3.51. The van der Waals surface area contributed by atoms with E-state index in [-0.39, 0.29) is 0 Å². The maximum atomic E-state index is 13.2. The van der Waals surface area contributed by atoms with Crippen LogP contribution in [0, 0.1) is 0 Å². The molecule has 9 heteroatoms. The lowest BCUT2D eigenvalue weighted by Crippen LogP contribution is -2.64. The third kappa shape index (κ3) is 4.11. The van der Waals surface area contributed by atoms with Crippen molar-refractivity contribution in [2.24, 2.45) is 0 Å². The highest BCUT2D eigenvalue weighted by atomic mass is 19.3. The lowest BCUT2D eigenvalue weighted by Gasteiger charge is -2.46. The summed E-state index contributed by atoms with van der Waals surface area (Å²) in [4.78, 5) is 8.50. The highest BCUT2D eigenvalue weighted by Gasteiger charge is 2.40. The molecule has 2 N–H and O–H groups in total. The molecule has 148 valence electrons. The minimum Gasteiger partial charge on any atom is -0.347 e. The Morgan fingerprint density at radius 2 is 2.07 bits per heavy atom. The lowest BCUT2D eigenvalue weighted by molar-refractivity contribution is -0.254. The van der Waals surface area contributed by atoms with E-state index in [4.69, 9.17) is 4.74 Å². The van der Waals surface area contributed by atoms with Crippen LogP contribution in [0.5, 0.6) is 0 Å². The van der Waals surface area contributed by atoms with Crippen LogP contribution in [0.25, 0.3) is 5.57 Å². The van der Waals surface area contributed by atoms with E-state index >= 15 is 0 Å². The number of nitrogens with zero attached hydrogens (tertiary/aromatic N) is 4. The molecule has 1 atom stereocenters. The molecular weight excluding hydrogens is 366 g/mol. The number of piperazine rings is 1. The number of alkyl halides is 2. The number of aromatic nitrogens is 3. The van der Waals surface area contributed by atoms with Crippen molar-refractivity contribution >= 4 is 5.57 Å². The molecule has 28 heavy (non-hydrogen) atoms. The van der Waals surface area contributed by atoms with Crippen molar-refractivity contribution in [1.82, 2.24) is 30.3 Å². The second kappa shape index (κ2) is 8.17. The van der Waals surface area contributed by atoms with Crippen LogP contribution >= 0.6 is 0 Å². The lowest BCUT2D eigenvalue weighted by atomic mass is 10.1. The molecule has 4 heterocycles. The average molecular weight is 388 g/mol. The fourth-order valence-corrected chi connectivity index (χ4v) is 3.51. The van der Waals surface area contributed by atoms with Gasteiger partial charge < -0.3 is 5.32 Å². The summed E-state index contributed by atoms with van der Waals surface area (Å²) in [5.74, 6) is -1.36. The summed E-state index contributed by atoms with van der Waals surface area (Å²) in [5, 5.41) is 9.70. The van der Waals surface area contributed by atoms with E-state index in [0.29, 0.717) is 13.1 Å². The van der Waals surface area contributed by atoms with E-state index in [0.717, 1.165) is 36.5 Å². The van der Waals surface area contributed by atoms with Gasteiger partial charge in [0.1, 0.15) is 0 Å². The highest BCUT2D eigenvalue weighted by molar-refractivity contribution is 5.74. The van der Waals surface area contributed by atoms with Crippen molar-refractivity contribution in [3.63, 3.8) is 0 Å². The second-order valence-electron chi connectivity index (χ2n) is 6.72. The van der Waals surface area contributed by atoms with E-state index < -0.39 is 12.5 Å². The van der Waals surface area contributed by atoms with E-state index in [2.05, 4.69) is 25.4 Å². The standard InChI is InChI=1S/C19H22F2N6O/c20-18(21)28-19(5-4-15(11-23-19)16-12-24-25-13-16)27-9-7-26(8-10-27)14-17-3-1-2-6-22-17/h1-6,11-13,18,23H,7-10,14H2,(H,24,25). The molecule has 0 bridgehead atoms. The number of halogens is 2. The number of rotatable bonds is 6. The summed E-state index contributed by atoms with van der Waals surface area (Å²) in [6, 6.07) is 5.84. The summed E-state index contributed by atoms with van der Waals surface area (Å²) in [5.41, 5.74) is 2.71. The first kappa shape index (κ1) is 18.7. The minimum absolute atomic E-state index is 0.589. The van der Waals surface area contributed by atoms with Crippen LogP contribution in [-0.2, 0) is 11.3 Å². The summed E-state index contributed by atoms with van der Waals surface area (Å²) >= 11 is 0. The van der Waals surface area contributed by atoms with Gasteiger partial charge in [0.15, 0.2) is 0 Å². The Labute approximate surface area is 161 Å². The van der Waals surface area contributed by atoms with E-state index in [1.807, 2.05) is 23.1 Å². The summed E-state index contributed by atoms with van der Waals surface area (Å²) < 4.78 is 31.4. The average Bonchev–Trinajstić information content (AvgIpc) is 3.24. The van der Waals surface area contributed by atoms with Crippen molar-refractivity contribution in [2.45, 2.75) is 19.0 Å². The molecule has 2 aliphatic rings. The topological polar surface area (TPSA) is 69.3 Å². The van der Waals surface area contributed by atoms with Crippen molar-refractivity contribution in [1.29, 1.82) is 0 Å². The second-order valence-corrected chi connectivity index (χ2v) is 6.72. The van der Waals surface area contributed by atoms with Crippen LogP contribution in [-0.4, -0.2) is 63.6 Å². The largest absolute Gasteiger partial charge is 0.348 e. The Hall–Kier alpha value is -2.62. The predicted octanol–water partition coefficient (Wildman–Crippen LogP) is 2.02. The smallest absolute Gasteiger partial charge is 0.347 e. The third-order valence-electron chi connectivity index (χ3n) is 4.98. The molecule has 1 unspecified atom stereocenters. The van der Waals surface area contributed by atoms with Gasteiger partial charge in [-0.15, -0.1) is 0 Å². The maximum absolute atomic E-state index is 13.2. The number of ether oxygens (including phenoxy) is 1. The first-order valence-electron chi connectivity index (χ1n) is 9.14. The SMILES string of the molecule is FC(F)OC1(N2CCN(Cc3ccccn3)CC2)C=CC(c2cn[nH]c2)=CN1. The zero-order valence-electron chi connectivity index (χ0n) is 15.3. The van der Waals surface area contributed by atoms with Gasteiger partial charge in [-0.3, -0.25) is 24.6 Å². The molecular formula is C19H22F2N6O. The molecule has 0 aromatic carbocycles. The zero-order valence-corrected chi connectivity index (χ0v) is 15.3. The molecule has 0 spiro atoms. The van der Waals surface area contributed by atoms with Crippen LogP contribution in [0.1, 0.15) is 11.3 Å². The molecule has 1 saturated heterocycles. The summed E-state index contributed by atoms with van der Waals surface area (Å²) in [7, 11) is 0. The summed E-state index contributed by atoms with van der Waals surface area (Å²) in [6.45, 7) is 0.493. The van der Waals surface area contributed by atoms with E-state index in [1.165, 1.54) is 0 Å². The van der Waals surface area contributed by atoms with Crippen LogP contribution < -0.4 is 5.32 Å². The van der Waals surface area contributed by atoms with Crippen LogP contribution in [0.4, 0.5) is 8.78 Å². The Morgan fingerprint density at radius 1 is 1.21 bits per heavy atom. The molecule has 2 aliphatic heterocycles. The number of aromatic amines is 1. The van der Waals surface area contributed by atoms with Gasteiger partial charge in [-0.25, -0.2) is 0 Å². The zero-order chi connectivity index (χ0) is 19.4. The number of dihydropyridines is 1. The Balaban J connectivity index is 1.42. The Morgan fingerprint density at radius 3 is 2.68 bits per heavy atom. The van der Waals surface area contributed by atoms with Crippen LogP contribution in [0.3, 0.4) is 0 Å². The van der Waals surface area contributed by atoms with Gasteiger partial charge in [0.05, 0.1) is 11.9 Å². The number of allylic oxidation sites excluding steroid dienone is 2. The number of hydrogen-bond acceptors (Lipinski definition) is 6. The number of H-pyrrole nitrogens is 1. The molecule has 2 aromatic heterocycles. The number of hydrogen-bond donors (Lipinski definition) is 2. The molecule has 2 aromatic rings. The Kier molecular flexibility index (Phi) is 5.47.